The lowest BCUT2D eigenvalue weighted by molar-refractivity contribution is -0.124. The number of nitrogens with one attached hydrogen (secondary N) is 1. The molecule has 0 spiro atoms. The lowest BCUT2D eigenvalue weighted by atomic mass is 9.87. The zero-order chi connectivity index (χ0) is 24.7. The highest BCUT2D eigenvalue weighted by Gasteiger charge is 2.34. The van der Waals surface area contributed by atoms with Crippen molar-refractivity contribution in [3.63, 3.8) is 0 Å². The summed E-state index contributed by atoms with van der Waals surface area (Å²) in [6, 6.07) is 15.0. The van der Waals surface area contributed by atoms with Gasteiger partial charge in [-0.2, -0.15) is 0 Å². The number of rotatable bonds is 9. The highest BCUT2D eigenvalue weighted by molar-refractivity contribution is 8.18. The number of thioether (sulfide) groups is 1. The maximum atomic E-state index is 12.6. The Labute approximate surface area is 204 Å². The maximum absolute atomic E-state index is 12.6. The topological polar surface area (TPSA) is 84.9 Å². The largest absolute Gasteiger partial charge is 0.497 e. The van der Waals surface area contributed by atoms with Gasteiger partial charge in [0.15, 0.2) is 0 Å². The van der Waals surface area contributed by atoms with Gasteiger partial charge >= 0.3 is 0 Å². The highest BCUT2D eigenvalue weighted by Crippen LogP contribution is 2.32. The first-order chi connectivity index (χ1) is 16.2. The molecule has 180 valence electrons. The Kier molecular flexibility index (Phi) is 8.39. The molecule has 3 amide bonds. The Bertz CT molecular complexity index is 1060. The van der Waals surface area contributed by atoms with Gasteiger partial charge in [-0.3, -0.25) is 19.3 Å². The normalized spacial score (nSPS) is 15.1. The minimum absolute atomic E-state index is 0.0707. The van der Waals surface area contributed by atoms with Crippen LogP contribution in [0.25, 0.3) is 6.08 Å². The van der Waals surface area contributed by atoms with E-state index in [4.69, 9.17) is 9.47 Å². The Morgan fingerprint density at radius 2 is 1.68 bits per heavy atom. The molecule has 1 aliphatic rings. The van der Waals surface area contributed by atoms with Crippen LogP contribution in [-0.2, 0) is 15.0 Å². The van der Waals surface area contributed by atoms with E-state index in [1.807, 2.05) is 36.4 Å². The SMILES string of the molecule is COc1ccc(/C=C2/SC(=O)N(CCNC(=O)CCOc3ccc(C(C)(C)C)cc3)C2=O)cc1. The van der Waals surface area contributed by atoms with Crippen molar-refractivity contribution in [2.24, 2.45) is 0 Å². The molecule has 7 nitrogen and oxygen atoms in total. The molecule has 3 rings (SSSR count). The number of benzene rings is 2. The Morgan fingerprint density at radius 1 is 1.03 bits per heavy atom. The number of carbonyl (C=O) groups is 3. The van der Waals surface area contributed by atoms with Crippen LogP contribution in [-0.4, -0.2) is 48.8 Å². The summed E-state index contributed by atoms with van der Waals surface area (Å²) in [5, 5.41) is 2.39. The molecule has 2 aromatic rings. The van der Waals surface area contributed by atoms with Gasteiger partial charge in [0, 0.05) is 13.1 Å². The molecule has 0 aromatic heterocycles. The fourth-order valence-electron chi connectivity index (χ4n) is 3.25. The second-order valence-electron chi connectivity index (χ2n) is 8.83. The second kappa shape index (κ2) is 11.2. The van der Waals surface area contributed by atoms with Crippen LogP contribution >= 0.6 is 11.8 Å². The van der Waals surface area contributed by atoms with E-state index in [0.29, 0.717) is 16.4 Å². The minimum atomic E-state index is -0.359. The number of methoxy groups -OCH3 is 1. The van der Waals surface area contributed by atoms with E-state index in [0.717, 1.165) is 22.2 Å². The molecule has 1 heterocycles. The summed E-state index contributed by atoms with van der Waals surface area (Å²) in [6.07, 6.45) is 1.86. The smallest absolute Gasteiger partial charge is 0.293 e. The van der Waals surface area contributed by atoms with Gasteiger partial charge in [-0.15, -0.1) is 0 Å². The summed E-state index contributed by atoms with van der Waals surface area (Å²) in [5.41, 5.74) is 2.08. The quantitative estimate of drug-likeness (QED) is 0.525. The van der Waals surface area contributed by atoms with E-state index in [1.54, 1.807) is 25.3 Å². The average Bonchev–Trinajstić information content (AvgIpc) is 3.06. The monoisotopic (exact) mass is 482 g/mol. The van der Waals surface area contributed by atoms with Crippen LogP contribution in [0.15, 0.2) is 53.4 Å². The van der Waals surface area contributed by atoms with Crippen molar-refractivity contribution in [3.05, 3.63) is 64.6 Å². The first kappa shape index (κ1) is 25.4. The zero-order valence-electron chi connectivity index (χ0n) is 19.9. The van der Waals surface area contributed by atoms with Crippen LogP contribution in [0.1, 0.15) is 38.3 Å². The summed E-state index contributed by atoms with van der Waals surface area (Å²) < 4.78 is 10.8. The molecule has 0 saturated carbocycles. The molecule has 34 heavy (non-hydrogen) atoms. The van der Waals surface area contributed by atoms with Crippen LogP contribution in [0.2, 0.25) is 0 Å². The molecule has 8 heteroatoms. The molecule has 0 bridgehead atoms. The average molecular weight is 483 g/mol. The summed E-state index contributed by atoms with van der Waals surface area (Å²) in [7, 11) is 1.58. The molecule has 1 aliphatic heterocycles. The van der Waals surface area contributed by atoms with Crippen LogP contribution in [0.3, 0.4) is 0 Å². The van der Waals surface area contributed by atoms with Gasteiger partial charge in [0.2, 0.25) is 5.91 Å². The second-order valence-corrected chi connectivity index (χ2v) is 9.82. The molecule has 0 unspecified atom stereocenters. The van der Waals surface area contributed by atoms with Crippen molar-refractivity contribution in [1.82, 2.24) is 10.2 Å². The molecule has 0 atom stereocenters. The first-order valence-electron chi connectivity index (χ1n) is 11.1. The zero-order valence-corrected chi connectivity index (χ0v) is 20.7. The Morgan fingerprint density at radius 3 is 2.29 bits per heavy atom. The Hall–Kier alpha value is -3.26. The standard InChI is InChI=1S/C26H30N2O5S/c1-26(2,3)19-7-11-21(12-8-19)33-16-13-23(29)27-14-15-28-24(30)22(34-25(28)31)17-18-5-9-20(32-4)10-6-18/h5-12,17H,13-16H2,1-4H3,(H,27,29)/b22-17+. The number of ether oxygens (including phenoxy) is 2. The van der Waals surface area contributed by atoms with E-state index in [9.17, 15) is 14.4 Å². The van der Waals surface area contributed by atoms with Crippen molar-refractivity contribution >= 4 is 34.9 Å². The number of hydrogen-bond donors (Lipinski definition) is 1. The summed E-state index contributed by atoms with van der Waals surface area (Å²) in [6.45, 7) is 6.99. The van der Waals surface area contributed by atoms with E-state index in [2.05, 4.69) is 26.1 Å². The fourth-order valence-corrected chi connectivity index (χ4v) is 4.12. The van der Waals surface area contributed by atoms with Gasteiger partial charge in [-0.05, 0) is 58.6 Å². The molecule has 1 fully saturated rings. The number of nitrogens with zero attached hydrogens (tertiary/aromatic N) is 1. The Balaban J connectivity index is 1.41. The molecular formula is C26H30N2O5S. The molecule has 0 aliphatic carbocycles. The van der Waals surface area contributed by atoms with Gasteiger partial charge in [-0.1, -0.05) is 45.0 Å². The molecule has 1 saturated heterocycles. The number of imide groups is 1. The van der Waals surface area contributed by atoms with Gasteiger partial charge in [0.25, 0.3) is 11.1 Å². The third-order valence-corrected chi connectivity index (χ3v) is 6.17. The van der Waals surface area contributed by atoms with Crippen LogP contribution in [0, 0.1) is 0 Å². The van der Waals surface area contributed by atoms with Crippen LogP contribution in [0.5, 0.6) is 11.5 Å². The van der Waals surface area contributed by atoms with Crippen LogP contribution < -0.4 is 14.8 Å². The summed E-state index contributed by atoms with van der Waals surface area (Å²) in [4.78, 5) is 38.5. The summed E-state index contributed by atoms with van der Waals surface area (Å²) >= 11 is 0.894. The van der Waals surface area contributed by atoms with E-state index < -0.39 is 0 Å². The highest BCUT2D eigenvalue weighted by atomic mass is 32.2. The number of hydrogen-bond acceptors (Lipinski definition) is 6. The summed E-state index contributed by atoms with van der Waals surface area (Å²) in [5.74, 6) is 0.862. The van der Waals surface area contributed by atoms with Crippen molar-refractivity contribution in [3.8, 4) is 11.5 Å². The van der Waals surface area contributed by atoms with Crippen molar-refractivity contribution in [1.29, 1.82) is 0 Å². The predicted octanol–water partition coefficient (Wildman–Crippen LogP) is 4.61. The molecule has 2 aromatic carbocycles. The van der Waals surface area contributed by atoms with Gasteiger partial charge in [0.1, 0.15) is 11.5 Å². The number of amides is 3. The van der Waals surface area contributed by atoms with E-state index in [-0.39, 0.29) is 48.6 Å². The van der Waals surface area contributed by atoms with E-state index >= 15 is 0 Å². The lowest BCUT2D eigenvalue weighted by Gasteiger charge is -2.19. The van der Waals surface area contributed by atoms with Gasteiger partial charge < -0.3 is 14.8 Å². The maximum Gasteiger partial charge on any atom is 0.293 e. The van der Waals surface area contributed by atoms with Crippen LogP contribution in [0.4, 0.5) is 4.79 Å². The van der Waals surface area contributed by atoms with Gasteiger partial charge in [-0.25, -0.2) is 0 Å². The van der Waals surface area contributed by atoms with Gasteiger partial charge in [0.05, 0.1) is 25.0 Å². The van der Waals surface area contributed by atoms with E-state index in [1.165, 1.54) is 5.56 Å². The predicted molar refractivity (Wildman–Crippen MR) is 134 cm³/mol. The lowest BCUT2D eigenvalue weighted by Crippen LogP contribution is -2.37. The van der Waals surface area contributed by atoms with Crippen molar-refractivity contribution in [2.75, 3.05) is 26.8 Å². The molecule has 0 radical (unpaired) electrons. The third-order valence-electron chi connectivity index (χ3n) is 5.26. The molecule has 1 N–H and O–H groups in total. The fraction of sp³-hybridized carbons (Fsp3) is 0.346. The van der Waals surface area contributed by atoms with Crippen molar-refractivity contribution < 1.29 is 23.9 Å². The van der Waals surface area contributed by atoms with Crippen molar-refractivity contribution in [2.45, 2.75) is 32.6 Å². The number of carbonyl (C=O) groups excluding carboxylic acids is 3. The first-order valence-corrected chi connectivity index (χ1v) is 11.9. The third kappa shape index (κ3) is 6.87. The molecular weight excluding hydrogens is 452 g/mol. The minimum Gasteiger partial charge on any atom is -0.497 e.